The molecule has 0 aliphatic carbocycles. The van der Waals surface area contributed by atoms with E-state index in [2.05, 4.69) is 0 Å². The predicted molar refractivity (Wildman–Crippen MR) is 60.4 cm³/mol. The van der Waals surface area contributed by atoms with Crippen LogP contribution in [0.25, 0.3) is 0 Å². The zero-order valence-electron chi connectivity index (χ0n) is 9.01. The standard InChI is InChI=1S/C11H14N3O2/c1-2-14(10(12)13)11(15)16-8-9-6-4-3-5-7-9/h2-7H,8H2,1H3,(H3,12,13). The molecule has 0 saturated carbocycles. The van der Waals surface area contributed by atoms with Crippen LogP contribution < -0.4 is 5.73 Å². The van der Waals surface area contributed by atoms with E-state index >= 15 is 0 Å². The zero-order chi connectivity index (χ0) is 12.0. The summed E-state index contributed by atoms with van der Waals surface area (Å²) in [5.74, 6) is -0.361. The average Bonchev–Trinajstić information content (AvgIpc) is 2.28. The van der Waals surface area contributed by atoms with E-state index in [1.807, 2.05) is 30.3 Å². The maximum Gasteiger partial charge on any atom is 0.417 e. The Morgan fingerprint density at radius 3 is 2.62 bits per heavy atom. The molecule has 0 atom stereocenters. The van der Waals surface area contributed by atoms with Gasteiger partial charge in [0.15, 0.2) is 5.96 Å². The lowest BCUT2D eigenvalue weighted by Gasteiger charge is -2.17. The number of nitrogens with one attached hydrogen (secondary N) is 1. The number of nitrogens with two attached hydrogens (primary N) is 1. The summed E-state index contributed by atoms with van der Waals surface area (Å²) in [5.41, 5.74) is 6.08. The topological polar surface area (TPSA) is 79.4 Å². The zero-order valence-corrected chi connectivity index (χ0v) is 9.01. The summed E-state index contributed by atoms with van der Waals surface area (Å²) >= 11 is 0. The Bertz CT molecular complexity index is 365. The highest BCUT2D eigenvalue weighted by atomic mass is 16.6. The van der Waals surface area contributed by atoms with Crippen LogP contribution in [0.3, 0.4) is 0 Å². The van der Waals surface area contributed by atoms with Crippen molar-refractivity contribution in [3.63, 3.8) is 0 Å². The van der Waals surface area contributed by atoms with Crippen molar-refractivity contribution in [3.8, 4) is 0 Å². The van der Waals surface area contributed by atoms with Crippen LogP contribution in [0, 0.1) is 12.0 Å². The molecule has 0 aromatic heterocycles. The van der Waals surface area contributed by atoms with Crippen LogP contribution >= 0.6 is 0 Å². The van der Waals surface area contributed by atoms with Gasteiger partial charge >= 0.3 is 6.09 Å². The van der Waals surface area contributed by atoms with Gasteiger partial charge in [0.05, 0.1) is 6.54 Å². The van der Waals surface area contributed by atoms with Crippen LogP contribution in [0.4, 0.5) is 4.79 Å². The Kier molecular flexibility index (Phi) is 4.32. The summed E-state index contributed by atoms with van der Waals surface area (Å²) in [6.07, 6.45) is -0.654. The van der Waals surface area contributed by atoms with Gasteiger partial charge in [-0.15, -0.1) is 0 Å². The first-order valence-corrected chi connectivity index (χ1v) is 4.78. The molecule has 5 nitrogen and oxygen atoms in total. The minimum atomic E-state index is -0.654. The van der Waals surface area contributed by atoms with Crippen molar-refractivity contribution in [2.45, 2.75) is 13.5 Å². The molecule has 0 aliphatic heterocycles. The fourth-order valence-corrected chi connectivity index (χ4v) is 1.13. The normalized spacial score (nSPS) is 9.56. The molecule has 0 spiro atoms. The smallest absolute Gasteiger partial charge is 0.417 e. The van der Waals surface area contributed by atoms with Gasteiger partial charge in [-0.2, -0.15) is 0 Å². The third-order valence-corrected chi connectivity index (χ3v) is 1.92. The lowest BCUT2D eigenvalue weighted by Crippen LogP contribution is -2.38. The molecule has 0 unspecified atom stereocenters. The van der Waals surface area contributed by atoms with E-state index in [4.69, 9.17) is 15.9 Å². The molecular weight excluding hydrogens is 206 g/mol. The Morgan fingerprint density at radius 2 is 2.12 bits per heavy atom. The molecular formula is C11H14N3O2. The predicted octanol–water partition coefficient (Wildman–Crippen LogP) is 1.70. The molecule has 1 rings (SSSR count). The first-order chi connectivity index (χ1) is 7.65. The number of amides is 1. The molecule has 1 radical (unpaired) electrons. The highest BCUT2D eigenvalue weighted by Gasteiger charge is 2.15. The summed E-state index contributed by atoms with van der Waals surface area (Å²) in [6.45, 7) is 3.15. The fraction of sp³-hybridized carbons (Fsp3) is 0.182. The van der Waals surface area contributed by atoms with Crippen LogP contribution in [-0.4, -0.2) is 17.0 Å². The summed E-state index contributed by atoms with van der Waals surface area (Å²) in [5, 5.41) is 7.14. The molecule has 1 amide bonds. The van der Waals surface area contributed by atoms with E-state index in [0.29, 0.717) is 0 Å². The van der Waals surface area contributed by atoms with Gasteiger partial charge in [-0.3, -0.25) is 5.41 Å². The number of ether oxygens (including phenoxy) is 1. The van der Waals surface area contributed by atoms with Gasteiger partial charge in [0.25, 0.3) is 0 Å². The number of benzene rings is 1. The van der Waals surface area contributed by atoms with Crippen LogP contribution in [0.2, 0.25) is 0 Å². The maximum absolute atomic E-state index is 11.4. The van der Waals surface area contributed by atoms with Gasteiger partial charge in [-0.1, -0.05) is 30.3 Å². The molecule has 0 heterocycles. The van der Waals surface area contributed by atoms with Crippen LogP contribution in [0.1, 0.15) is 12.5 Å². The van der Waals surface area contributed by atoms with Gasteiger partial charge in [-0.25, -0.2) is 9.69 Å². The second-order valence-electron chi connectivity index (χ2n) is 3.05. The van der Waals surface area contributed by atoms with Gasteiger partial charge in [0.2, 0.25) is 0 Å². The largest absolute Gasteiger partial charge is 0.444 e. The molecule has 1 aromatic carbocycles. The molecule has 16 heavy (non-hydrogen) atoms. The van der Waals surface area contributed by atoms with Crippen molar-refractivity contribution in [1.82, 2.24) is 4.90 Å². The minimum Gasteiger partial charge on any atom is -0.444 e. The molecule has 0 bridgehead atoms. The number of guanidine groups is 1. The van der Waals surface area contributed by atoms with E-state index in [1.54, 1.807) is 6.92 Å². The molecule has 0 fully saturated rings. The first-order valence-electron chi connectivity index (χ1n) is 4.78. The summed E-state index contributed by atoms with van der Waals surface area (Å²) in [7, 11) is 0. The summed E-state index contributed by atoms with van der Waals surface area (Å²) in [6, 6.07) is 9.30. The Labute approximate surface area is 94.3 Å². The fourth-order valence-electron chi connectivity index (χ4n) is 1.13. The Balaban J connectivity index is 2.49. The number of nitrogens with zero attached hydrogens (tertiary/aromatic N) is 1. The van der Waals surface area contributed by atoms with Crippen molar-refractivity contribution in [1.29, 1.82) is 5.41 Å². The van der Waals surface area contributed by atoms with E-state index in [1.165, 1.54) is 6.54 Å². The minimum absolute atomic E-state index is 0.164. The summed E-state index contributed by atoms with van der Waals surface area (Å²) in [4.78, 5) is 12.4. The van der Waals surface area contributed by atoms with Gasteiger partial charge in [0, 0.05) is 0 Å². The SMILES string of the molecule is C[CH]N(C(=N)N)C(=O)OCc1ccccc1. The van der Waals surface area contributed by atoms with Crippen molar-refractivity contribution < 1.29 is 9.53 Å². The van der Waals surface area contributed by atoms with Crippen molar-refractivity contribution in [2.75, 3.05) is 0 Å². The molecule has 85 valence electrons. The average molecular weight is 220 g/mol. The van der Waals surface area contributed by atoms with Gasteiger partial charge in [0.1, 0.15) is 6.61 Å². The molecule has 0 saturated heterocycles. The number of hydrogen-bond donors (Lipinski definition) is 2. The molecule has 3 N–H and O–H groups in total. The molecule has 5 heteroatoms. The number of hydrogen-bond acceptors (Lipinski definition) is 3. The lowest BCUT2D eigenvalue weighted by atomic mass is 10.2. The molecule has 1 aromatic rings. The van der Waals surface area contributed by atoms with Crippen molar-refractivity contribution in [2.24, 2.45) is 5.73 Å². The molecule has 0 aliphatic rings. The number of carbonyl (C=O) groups is 1. The quantitative estimate of drug-likeness (QED) is 0.601. The van der Waals surface area contributed by atoms with Crippen molar-refractivity contribution >= 4 is 12.1 Å². The van der Waals surface area contributed by atoms with Crippen molar-refractivity contribution in [3.05, 3.63) is 42.4 Å². The highest BCUT2D eigenvalue weighted by molar-refractivity contribution is 5.91. The third-order valence-electron chi connectivity index (χ3n) is 1.92. The third kappa shape index (κ3) is 3.27. The first kappa shape index (κ1) is 12.0. The monoisotopic (exact) mass is 220 g/mol. The number of carbonyl (C=O) groups excluding carboxylic acids is 1. The maximum atomic E-state index is 11.4. The number of rotatable bonds is 3. The Hall–Kier alpha value is -2.04. The second kappa shape index (κ2) is 5.75. The van der Waals surface area contributed by atoms with E-state index < -0.39 is 6.09 Å². The van der Waals surface area contributed by atoms with E-state index in [-0.39, 0.29) is 12.6 Å². The van der Waals surface area contributed by atoms with Crippen LogP contribution in [-0.2, 0) is 11.3 Å². The highest BCUT2D eigenvalue weighted by Crippen LogP contribution is 2.03. The van der Waals surface area contributed by atoms with E-state index in [0.717, 1.165) is 10.5 Å². The van der Waals surface area contributed by atoms with Gasteiger partial charge in [-0.05, 0) is 12.5 Å². The Morgan fingerprint density at radius 1 is 1.50 bits per heavy atom. The van der Waals surface area contributed by atoms with Gasteiger partial charge < -0.3 is 10.5 Å². The van der Waals surface area contributed by atoms with E-state index in [9.17, 15) is 4.79 Å². The lowest BCUT2D eigenvalue weighted by molar-refractivity contribution is 0.121. The van der Waals surface area contributed by atoms with Crippen LogP contribution in [0.15, 0.2) is 30.3 Å². The second-order valence-corrected chi connectivity index (χ2v) is 3.05. The summed E-state index contributed by atoms with van der Waals surface area (Å²) < 4.78 is 4.98. The van der Waals surface area contributed by atoms with Crippen LogP contribution in [0.5, 0.6) is 0 Å².